The highest BCUT2D eigenvalue weighted by Crippen LogP contribution is 2.11. The summed E-state index contributed by atoms with van der Waals surface area (Å²) in [5, 5.41) is 13.4. The highest BCUT2D eigenvalue weighted by Gasteiger charge is 2.15. The van der Waals surface area contributed by atoms with E-state index in [0.717, 1.165) is 17.0 Å². The van der Waals surface area contributed by atoms with E-state index in [9.17, 15) is 4.79 Å². The minimum absolute atomic E-state index is 0.0269. The second kappa shape index (κ2) is 4.99. The summed E-state index contributed by atoms with van der Waals surface area (Å²) in [6.07, 6.45) is 1.77. The quantitative estimate of drug-likeness (QED) is 0.816. The predicted octanol–water partition coefficient (Wildman–Crippen LogP) is 0.346. The van der Waals surface area contributed by atoms with E-state index in [1.54, 1.807) is 11.9 Å². The number of amides is 1. The van der Waals surface area contributed by atoms with Gasteiger partial charge in [-0.3, -0.25) is 15.0 Å². The van der Waals surface area contributed by atoms with Crippen LogP contribution in [0.3, 0.4) is 0 Å². The molecule has 0 aliphatic carbocycles. The van der Waals surface area contributed by atoms with Crippen LogP contribution < -0.4 is 0 Å². The highest BCUT2D eigenvalue weighted by molar-refractivity contribution is 5.78. The lowest BCUT2D eigenvalue weighted by molar-refractivity contribution is -0.129. The molecule has 0 radical (unpaired) electrons. The molecule has 7 nitrogen and oxygen atoms in total. The molecule has 96 valence electrons. The Labute approximate surface area is 105 Å². The molecule has 0 spiro atoms. The van der Waals surface area contributed by atoms with Crippen molar-refractivity contribution in [3.63, 3.8) is 0 Å². The SMILES string of the molecule is Cc1n[nH]c(C)c1CC(=O)N(C)Cc1ncn[nH]1. The summed E-state index contributed by atoms with van der Waals surface area (Å²) < 4.78 is 0. The summed E-state index contributed by atoms with van der Waals surface area (Å²) >= 11 is 0. The summed E-state index contributed by atoms with van der Waals surface area (Å²) in [5.41, 5.74) is 2.77. The number of aromatic amines is 2. The van der Waals surface area contributed by atoms with E-state index in [4.69, 9.17) is 0 Å². The standard InChI is InChI=1S/C11H16N6O/c1-7-9(8(2)15-14-7)4-11(18)17(3)5-10-12-6-13-16-10/h6H,4-5H2,1-3H3,(H,14,15)(H,12,13,16). The lowest BCUT2D eigenvalue weighted by Gasteiger charge is -2.15. The normalized spacial score (nSPS) is 10.6. The van der Waals surface area contributed by atoms with Crippen LogP contribution in [-0.2, 0) is 17.8 Å². The molecule has 2 aromatic rings. The van der Waals surface area contributed by atoms with Crippen molar-refractivity contribution in [3.05, 3.63) is 29.1 Å². The third kappa shape index (κ3) is 2.55. The maximum Gasteiger partial charge on any atom is 0.227 e. The van der Waals surface area contributed by atoms with Crippen molar-refractivity contribution in [1.82, 2.24) is 30.3 Å². The summed E-state index contributed by atoms with van der Waals surface area (Å²) in [6.45, 7) is 4.23. The van der Waals surface area contributed by atoms with E-state index in [1.807, 2.05) is 13.8 Å². The molecule has 18 heavy (non-hydrogen) atoms. The van der Waals surface area contributed by atoms with Crippen LogP contribution in [0.25, 0.3) is 0 Å². The van der Waals surface area contributed by atoms with Crippen molar-refractivity contribution in [2.75, 3.05) is 7.05 Å². The minimum Gasteiger partial charge on any atom is -0.338 e. The van der Waals surface area contributed by atoms with E-state index in [0.29, 0.717) is 18.8 Å². The Morgan fingerprint density at radius 3 is 2.72 bits per heavy atom. The molecule has 0 saturated heterocycles. The average molecular weight is 248 g/mol. The van der Waals surface area contributed by atoms with Gasteiger partial charge in [0, 0.05) is 18.3 Å². The molecule has 1 amide bonds. The van der Waals surface area contributed by atoms with Crippen LogP contribution in [0.4, 0.5) is 0 Å². The number of aryl methyl sites for hydroxylation is 2. The first-order valence-electron chi connectivity index (χ1n) is 5.66. The summed E-state index contributed by atoms with van der Waals surface area (Å²) in [7, 11) is 1.75. The fourth-order valence-electron chi connectivity index (χ4n) is 1.74. The Morgan fingerprint density at radius 1 is 1.39 bits per heavy atom. The van der Waals surface area contributed by atoms with Gasteiger partial charge in [-0.25, -0.2) is 4.98 Å². The van der Waals surface area contributed by atoms with Crippen molar-refractivity contribution in [2.45, 2.75) is 26.8 Å². The maximum absolute atomic E-state index is 12.1. The van der Waals surface area contributed by atoms with Crippen molar-refractivity contribution in [3.8, 4) is 0 Å². The van der Waals surface area contributed by atoms with Crippen LogP contribution in [0, 0.1) is 13.8 Å². The number of nitrogens with one attached hydrogen (secondary N) is 2. The third-order valence-corrected chi connectivity index (χ3v) is 2.89. The lowest BCUT2D eigenvalue weighted by Crippen LogP contribution is -2.28. The molecule has 2 N–H and O–H groups in total. The van der Waals surface area contributed by atoms with Crippen LogP contribution >= 0.6 is 0 Å². The first kappa shape index (κ1) is 12.3. The Morgan fingerprint density at radius 2 is 2.17 bits per heavy atom. The molecule has 2 rings (SSSR count). The molecule has 0 aliphatic rings. The molecule has 2 heterocycles. The Balaban J connectivity index is 2.00. The van der Waals surface area contributed by atoms with Gasteiger partial charge in [-0.15, -0.1) is 0 Å². The molecule has 2 aromatic heterocycles. The molecule has 0 unspecified atom stereocenters. The summed E-state index contributed by atoms with van der Waals surface area (Å²) in [5.74, 6) is 0.700. The number of rotatable bonds is 4. The topological polar surface area (TPSA) is 90.6 Å². The van der Waals surface area contributed by atoms with Gasteiger partial charge in [0.25, 0.3) is 0 Å². The molecule has 0 bridgehead atoms. The van der Waals surface area contributed by atoms with Gasteiger partial charge in [-0.2, -0.15) is 10.2 Å². The van der Waals surface area contributed by atoms with E-state index in [2.05, 4.69) is 25.4 Å². The Kier molecular flexibility index (Phi) is 3.40. The van der Waals surface area contributed by atoms with Crippen LogP contribution in [0.2, 0.25) is 0 Å². The molecule has 0 atom stereocenters. The summed E-state index contributed by atoms with van der Waals surface area (Å²) in [6, 6.07) is 0. The third-order valence-electron chi connectivity index (χ3n) is 2.89. The number of likely N-dealkylation sites (N-methyl/N-ethyl adjacent to an activating group) is 1. The molecular weight excluding hydrogens is 232 g/mol. The fraction of sp³-hybridized carbons (Fsp3) is 0.455. The number of carbonyl (C=O) groups excluding carboxylic acids is 1. The fourth-order valence-corrected chi connectivity index (χ4v) is 1.74. The zero-order chi connectivity index (χ0) is 13.1. The zero-order valence-electron chi connectivity index (χ0n) is 10.7. The first-order chi connectivity index (χ1) is 8.58. The van der Waals surface area contributed by atoms with Crippen molar-refractivity contribution < 1.29 is 4.79 Å². The second-order valence-corrected chi connectivity index (χ2v) is 4.27. The molecule has 7 heteroatoms. The number of hydrogen-bond donors (Lipinski definition) is 2. The number of H-pyrrole nitrogens is 2. The van der Waals surface area contributed by atoms with E-state index >= 15 is 0 Å². The zero-order valence-corrected chi connectivity index (χ0v) is 10.7. The molecule has 0 aromatic carbocycles. The number of carbonyl (C=O) groups is 1. The van der Waals surface area contributed by atoms with Crippen LogP contribution in [0.1, 0.15) is 22.8 Å². The Hall–Kier alpha value is -2.18. The van der Waals surface area contributed by atoms with E-state index in [1.165, 1.54) is 6.33 Å². The minimum atomic E-state index is 0.0269. The van der Waals surface area contributed by atoms with Crippen molar-refractivity contribution in [1.29, 1.82) is 0 Å². The van der Waals surface area contributed by atoms with Crippen LogP contribution in [0.15, 0.2) is 6.33 Å². The van der Waals surface area contributed by atoms with Crippen molar-refractivity contribution in [2.24, 2.45) is 0 Å². The first-order valence-corrected chi connectivity index (χ1v) is 5.66. The second-order valence-electron chi connectivity index (χ2n) is 4.27. The van der Waals surface area contributed by atoms with Crippen LogP contribution in [0.5, 0.6) is 0 Å². The molecule has 0 fully saturated rings. The van der Waals surface area contributed by atoms with Crippen molar-refractivity contribution >= 4 is 5.91 Å². The Bertz CT molecular complexity index is 510. The number of aromatic nitrogens is 5. The van der Waals surface area contributed by atoms with Gasteiger partial charge in [0.05, 0.1) is 18.7 Å². The highest BCUT2D eigenvalue weighted by atomic mass is 16.2. The van der Waals surface area contributed by atoms with Gasteiger partial charge in [-0.05, 0) is 13.8 Å². The molecular formula is C11H16N6O. The monoisotopic (exact) mass is 248 g/mol. The van der Waals surface area contributed by atoms with E-state index in [-0.39, 0.29) is 5.91 Å². The molecule has 0 aliphatic heterocycles. The smallest absolute Gasteiger partial charge is 0.227 e. The van der Waals surface area contributed by atoms with E-state index < -0.39 is 0 Å². The number of hydrogen-bond acceptors (Lipinski definition) is 4. The lowest BCUT2D eigenvalue weighted by atomic mass is 10.1. The van der Waals surface area contributed by atoms with Gasteiger partial charge in [-0.1, -0.05) is 0 Å². The maximum atomic E-state index is 12.1. The van der Waals surface area contributed by atoms with Gasteiger partial charge >= 0.3 is 0 Å². The van der Waals surface area contributed by atoms with Gasteiger partial charge < -0.3 is 4.90 Å². The van der Waals surface area contributed by atoms with Gasteiger partial charge in [0.15, 0.2) is 0 Å². The summed E-state index contributed by atoms with van der Waals surface area (Å²) in [4.78, 5) is 17.7. The largest absolute Gasteiger partial charge is 0.338 e. The van der Waals surface area contributed by atoms with Gasteiger partial charge in [0.2, 0.25) is 5.91 Å². The van der Waals surface area contributed by atoms with Crippen LogP contribution in [-0.4, -0.2) is 43.2 Å². The van der Waals surface area contributed by atoms with Gasteiger partial charge in [0.1, 0.15) is 12.2 Å². The molecule has 0 saturated carbocycles. The predicted molar refractivity (Wildman–Crippen MR) is 64.6 cm³/mol. The average Bonchev–Trinajstić information content (AvgIpc) is 2.94. The number of nitrogens with zero attached hydrogens (tertiary/aromatic N) is 4.